The van der Waals surface area contributed by atoms with E-state index < -0.39 is 11.2 Å². The minimum atomic E-state index is -0.522. The summed E-state index contributed by atoms with van der Waals surface area (Å²) in [6.07, 6.45) is 5.50. The smallest absolute Gasteiger partial charge is 0.313 e. The Kier molecular flexibility index (Phi) is 2.38. The summed E-state index contributed by atoms with van der Waals surface area (Å²) in [6.45, 7) is 1.91. The van der Waals surface area contributed by atoms with Gasteiger partial charge in [0, 0.05) is 11.8 Å². The van der Waals surface area contributed by atoms with Gasteiger partial charge in [0.15, 0.2) is 5.65 Å². The van der Waals surface area contributed by atoms with Crippen molar-refractivity contribution >= 4 is 5.65 Å². The molecule has 0 unspecified atom stereocenters. The molecule has 1 aliphatic rings. The third-order valence-corrected chi connectivity index (χ3v) is 3.69. The third-order valence-electron chi connectivity index (χ3n) is 3.69. The van der Waals surface area contributed by atoms with Crippen LogP contribution in [-0.4, -0.2) is 24.6 Å². The fraction of sp³-hybridized carbons (Fsp3) is 0.286. The second-order valence-electron chi connectivity index (χ2n) is 5.40. The first-order chi connectivity index (χ1) is 10.1. The zero-order valence-electron chi connectivity index (χ0n) is 11.4. The van der Waals surface area contributed by atoms with Crippen molar-refractivity contribution in [2.75, 3.05) is 0 Å². The van der Waals surface area contributed by atoms with Crippen molar-refractivity contribution in [2.45, 2.75) is 25.7 Å². The van der Waals surface area contributed by atoms with Gasteiger partial charge in [-0.15, -0.1) is 0 Å². The fourth-order valence-electron chi connectivity index (χ4n) is 2.54. The van der Waals surface area contributed by atoms with Crippen LogP contribution in [0.1, 0.15) is 30.0 Å². The lowest BCUT2D eigenvalue weighted by Crippen LogP contribution is -2.23. The molecule has 1 aliphatic carbocycles. The largest absolute Gasteiger partial charge is 0.325 e. The molecule has 3 heterocycles. The van der Waals surface area contributed by atoms with E-state index in [1.165, 1.54) is 6.20 Å². The summed E-state index contributed by atoms with van der Waals surface area (Å²) < 4.78 is 1.71. The lowest BCUT2D eigenvalue weighted by atomic mass is 10.1. The van der Waals surface area contributed by atoms with E-state index in [2.05, 4.69) is 20.1 Å². The van der Waals surface area contributed by atoms with Crippen LogP contribution < -0.4 is 11.2 Å². The number of imidazole rings is 1. The molecule has 0 atom stereocenters. The number of aromatic amines is 2. The van der Waals surface area contributed by atoms with Crippen LogP contribution in [0.5, 0.6) is 0 Å². The van der Waals surface area contributed by atoms with Gasteiger partial charge >= 0.3 is 5.69 Å². The first kappa shape index (κ1) is 12.1. The molecule has 2 N–H and O–H groups in total. The number of aromatic nitrogens is 5. The van der Waals surface area contributed by atoms with Crippen molar-refractivity contribution in [3.05, 3.63) is 50.6 Å². The van der Waals surface area contributed by atoms with Crippen LogP contribution in [0.3, 0.4) is 0 Å². The molecule has 3 aromatic heterocycles. The molecule has 0 spiro atoms. The maximum atomic E-state index is 11.9. The lowest BCUT2D eigenvalue weighted by molar-refractivity contribution is 0.912. The summed E-state index contributed by atoms with van der Waals surface area (Å²) in [5.74, 6) is 0.484. The fourth-order valence-corrected chi connectivity index (χ4v) is 2.54. The van der Waals surface area contributed by atoms with Gasteiger partial charge in [-0.05, 0) is 31.7 Å². The molecular formula is C14H13N5O2. The van der Waals surface area contributed by atoms with Gasteiger partial charge in [-0.2, -0.15) is 5.10 Å². The van der Waals surface area contributed by atoms with Crippen molar-refractivity contribution in [3.8, 4) is 11.3 Å². The molecule has 0 aromatic carbocycles. The van der Waals surface area contributed by atoms with Crippen molar-refractivity contribution in [3.63, 3.8) is 0 Å². The summed E-state index contributed by atoms with van der Waals surface area (Å²) >= 11 is 0. The van der Waals surface area contributed by atoms with Gasteiger partial charge in [-0.25, -0.2) is 14.3 Å². The minimum absolute atomic E-state index is 0.352. The second kappa shape index (κ2) is 4.15. The molecule has 4 rings (SSSR count). The standard InChI is InChI=1S/C14H13N5O2/c1-7-6-19-12(16-7)9(8-2-3-8)4-11(18-19)10-5-15-14(21)17-13(10)20/h4-6,8H,2-3H2,1H3,(H2,15,17,20,21). The lowest BCUT2D eigenvalue weighted by Gasteiger charge is -2.05. The Labute approximate surface area is 118 Å². The van der Waals surface area contributed by atoms with Gasteiger partial charge in [-0.1, -0.05) is 0 Å². The number of nitrogens with one attached hydrogen (secondary N) is 2. The number of aryl methyl sites for hydroxylation is 1. The third kappa shape index (κ3) is 1.97. The van der Waals surface area contributed by atoms with E-state index in [-0.39, 0.29) is 0 Å². The number of hydrogen-bond acceptors (Lipinski definition) is 4. The Hall–Kier alpha value is -2.70. The van der Waals surface area contributed by atoms with Gasteiger partial charge in [0.05, 0.1) is 23.1 Å². The van der Waals surface area contributed by atoms with Crippen molar-refractivity contribution in [2.24, 2.45) is 0 Å². The average Bonchev–Trinajstić information content (AvgIpc) is 3.19. The summed E-state index contributed by atoms with van der Waals surface area (Å²) in [6, 6.07) is 1.91. The zero-order chi connectivity index (χ0) is 14.6. The van der Waals surface area contributed by atoms with E-state index in [0.717, 1.165) is 29.7 Å². The first-order valence-corrected chi connectivity index (χ1v) is 6.81. The zero-order valence-corrected chi connectivity index (χ0v) is 11.4. The van der Waals surface area contributed by atoms with Gasteiger partial charge in [-0.3, -0.25) is 9.78 Å². The average molecular weight is 283 g/mol. The highest BCUT2D eigenvalue weighted by Crippen LogP contribution is 2.42. The van der Waals surface area contributed by atoms with E-state index in [4.69, 9.17) is 0 Å². The van der Waals surface area contributed by atoms with Crippen molar-refractivity contribution in [1.29, 1.82) is 0 Å². The Morgan fingerprint density at radius 1 is 1.33 bits per heavy atom. The molecular weight excluding hydrogens is 270 g/mol. The molecule has 1 fully saturated rings. The Morgan fingerprint density at radius 2 is 2.14 bits per heavy atom. The van der Waals surface area contributed by atoms with Gasteiger partial charge in [0.1, 0.15) is 0 Å². The van der Waals surface area contributed by atoms with Gasteiger partial charge in [0.25, 0.3) is 5.56 Å². The van der Waals surface area contributed by atoms with E-state index in [1.54, 1.807) is 4.52 Å². The summed E-state index contributed by atoms with van der Waals surface area (Å²) in [5, 5.41) is 4.44. The van der Waals surface area contributed by atoms with E-state index >= 15 is 0 Å². The highest BCUT2D eigenvalue weighted by atomic mass is 16.2. The Bertz CT molecular complexity index is 961. The second-order valence-corrected chi connectivity index (χ2v) is 5.40. The number of H-pyrrole nitrogens is 2. The van der Waals surface area contributed by atoms with Crippen LogP contribution in [0.4, 0.5) is 0 Å². The molecule has 0 aliphatic heterocycles. The molecule has 7 nitrogen and oxygen atoms in total. The highest BCUT2D eigenvalue weighted by Gasteiger charge is 2.28. The van der Waals surface area contributed by atoms with E-state index in [1.807, 2.05) is 19.2 Å². The molecule has 106 valence electrons. The number of fused-ring (bicyclic) bond motifs is 1. The van der Waals surface area contributed by atoms with Crippen LogP contribution in [0.25, 0.3) is 16.9 Å². The van der Waals surface area contributed by atoms with Crippen LogP contribution in [0, 0.1) is 6.92 Å². The van der Waals surface area contributed by atoms with Crippen molar-refractivity contribution < 1.29 is 0 Å². The molecule has 0 amide bonds. The van der Waals surface area contributed by atoms with Crippen LogP contribution in [0.2, 0.25) is 0 Å². The normalized spacial score (nSPS) is 14.7. The molecule has 21 heavy (non-hydrogen) atoms. The molecule has 0 bridgehead atoms. The number of hydrogen-bond donors (Lipinski definition) is 2. The van der Waals surface area contributed by atoms with Crippen LogP contribution >= 0.6 is 0 Å². The summed E-state index contributed by atoms with van der Waals surface area (Å²) in [5.41, 5.74) is 2.77. The summed E-state index contributed by atoms with van der Waals surface area (Å²) in [7, 11) is 0. The molecule has 7 heteroatoms. The molecule has 3 aromatic rings. The molecule has 0 saturated heterocycles. The van der Waals surface area contributed by atoms with Crippen LogP contribution in [0.15, 0.2) is 28.0 Å². The number of rotatable bonds is 2. The van der Waals surface area contributed by atoms with E-state index in [0.29, 0.717) is 17.2 Å². The van der Waals surface area contributed by atoms with Crippen LogP contribution in [-0.2, 0) is 0 Å². The van der Waals surface area contributed by atoms with E-state index in [9.17, 15) is 9.59 Å². The number of nitrogens with zero attached hydrogens (tertiary/aromatic N) is 3. The predicted octanol–water partition coefficient (Wildman–Crippen LogP) is 0.959. The monoisotopic (exact) mass is 283 g/mol. The van der Waals surface area contributed by atoms with Crippen molar-refractivity contribution in [1.82, 2.24) is 24.6 Å². The Morgan fingerprint density at radius 3 is 2.86 bits per heavy atom. The Balaban J connectivity index is 2.00. The molecule has 0 radical (unpaired) electrons. The summed E-state index contributed by atoms with van der Waals surface area (Å²) in [4.78, 5) is 32.3. The van der Waals surface area contributed by atoms with Gasteiger partial charge < -0.3 is 4.98 Å². The maximum Gasteiger partial charge on any atom is 0.325 e. The maximum absolute atomic E-state index is 11.9. The predicted molar refractivity (Wildman–Crippen MR) is 76.4 cm³/mol. The SMILES string of the molecule is Cc1cn2nc(-c3c[nH]c(=O)[nH]c3=O)cc(C3CC3)c2n1. The first-order valence-electron chi connectivity index (χ1n) is 6.81. The highest BCUT2D eigenvalue weighted by molar-refractivity contribution is 5.63. The van der Waals surface area contributed by atoms with Gasteiger partial charge in [0.2, 0.25) is 0 Å². The quantitative estimate of drug-likeness (QED) is 0.732. The topological polar surface area (TPSA) is 95.9 Å². The molecule has 1 saturated carbocycles. The minimum Gasteiger partial charge on any atom is -0.313 e.